The lowest BCUT2D eigenvalue weighted by molar-refractivity contribution is -0.144. The second kappa shape index (κ2) is 8.67. The van der Waals surface area contributed by atoms with Crippen LogP contribution in [0.15, 0.2) is 30.3 Å². The molecule has 1 aromatic carbocycles. The fraction of sp³-hybridized carbons (Fsp3) is 0.533. The van der Waals surface area contributed by atoms with Crippen LogP contribution in [0.4, 0.5) is 0 Å². The molecule has 106 valence electrons. The second-order valence-corrected chi connectivity index (χ2v) is 4.68. The van der Waals surface area contributed by atoms with E-state index >= 15 is 0 Å². The molecular weight excluding hydrogens is 242 g/mol. The predicted octanol–water partition coefficient (Wildman–Crippen LogP) is 2.12. The molecule has 0 amide bonds. The van der Waals surface area contributed by atoms with E-state index < -0.39 is 12.0 Å². The average Bonchev–Trinajstić information content (AvgIpc) is 2.40. The van der Waals surface area contributed by atoms with Crippen LogP contribution in [0.2, 0.25) is 0 Å². The molecule has 0 radical (unpaired) electrons. The van der Waals surface area contributed by atoms with E-state index in [4.69, 9.17) is 5.11 Å². The van der Waals surface area contributed by atoms with E-state index in [2.05, 4.69) is 0 Å². The van der Waals surface area contributed by atoms with Crippen LogP contribution in [-0.4, -0.2) is 40.3 Å². The second-order valence-electron chi connectivity index (χ2n) is 4.68. The van der Waals surface area contributed by atoms with Gasteiger partial charge in [-0.25, -0.2) is 0 Å². The first-order valence-electron chi connectivity index (χ1n) is 6.80. The highest BCUT2D eigenvalue weighted by molar-refractivity contribution is 5.73. The number of carbonyl (C=O) groups is 1. The van der Waals surface area contributed by atoms with Crippen molar-refractivity contribution in [2.45, 2.75) is 38.8 Å². The summed E-state index contributed by atoms with van der Waals surface area (Å²) in [6, 6.07) is 9.24. The van der Waals surface area contributed by atoms with Gasteiger partial charge in [-0.3, -0.25) is 9.69 Å². The maximum Gasteiger partial charge on any atom is 0.320 e. The van der Waals surface area contributed by atoms with Crippen LogP contribution in [0.3, 0.4) is 0 Å². The number of unbranched alkanes of at least 4 members (excludes halogenated alkanes) is 1. The molecule has 0 heterocycles. The highest BCUT2D eigenvalue weighted by atomic mass is 16.4. The van der Waals surface area contributed by atoms with Crippen molar-refractivity contribution >= 4 is 5.97 Å². The number of aliphatic carboxylic acids is 1. The lowest BCUT2D eigenvalue weighted by Gasteiger charge is -2.28. The first-order chi connectivity index (χ1) is 9.19. The van der Waals surface area contributed by atoms with E-state index in [1.807, 2.05) is 42.2 Å². The molecule has 0 spiro atoms. The molecule has 4 heteroatoms. The van der Waals surface area contributed by atoms with Gasteiger partial charge < -0.3 is 10.2 Å². The fourth-order valence-electron chi connectivity index (χ4n) is 2.15. The Balaban J connectivity index is 2.75. The smallest absolute Gasteiger partial charge is 0.320 e. The third-order valence-electron chi connectivity index (χ3n) is 3.17. The van der Waals surface area contributed by atoms with Gasteiger partial charge in [0.25, 0.3) is 0 Å². The van der Waals surface area contributed by atoms with Crippen molar-refractivity contribution in [1.29, 1.82) is 0 Å². The van der Waals surface area contributed by atoms with Gasteiger partial charge >= 0.3 is 5.97 Å². The SMILES string of the molecule is CCCCC(C(=O)O)N(CCO)Cc1ccccc1. The highest BCUT2D eigenvalue weighted by Crippen LogP contribution is 2.13. The van der Waals surface area contributed by atoms with Gasteiger partial charge in [0.2, 0.25) is 0 Å². The number of carboxylic acids is 1. The van der Waals surface area contributed by atoms with Crippen molar-refractivity contribution in [3.8, 4) is 0 Å². The first kappa shape index (κ1) is 15.7. The average molecular weight is 265 g/mol. The van der Waals surface area contributed by atoms with Crippen molar-refractivity contribution in [3.05, 3.63) is 35.9 Å². The van der Waals surface area contributed by atoms with E-state index in [1.165, 1.54) is 0 Å². The number of benzene rings is 1. The molecule has 0 fully saturated rings. The Morgan fingerprint density at radius 2 is 2.00 bits per heavy atom. The fourth-order valence-corrected chi connectivity index (χ4v) is 2.15. The third-order valence-corrected chi connectivity index (χ3v) is 3.17. The molecule has 19 heavy (non-hydrogen) atoms. The summed E-state index contributed by atoms with van der Waals surface area (Å²) in [5.74, 6) is -0.808. The number of hydrogen-bond acceptors (Lipinski definition) is 3. The number of hydrogen-bond donors (Lipinski definition) is 2. The molecule has 1 atom stereocenters. The largest absolute Gasteiger partial charge is 0.480 e. The third kappa shape index (κ3) is 5.41. The number of nitrogens with zero attached hydrogens (tertiary/aromatic N) is 1. The minimum Gasteiger partial charge on any atom is -0.480 e. The Bertz CT molecular complexity index is 367. The van der Waals surface area contributed by atoms with Gasteiger partial charge in [-0.2, -0.15) is 0 Å². The zero-order valence-electron chi connectivity index (χ0n) is 11.5. The number of aliphatic hydroxyl groups is 1. The Hall–Kier alpha value is -1.39. The molecule has 1 unspecified atom stereocenters. The minimum absolute atomic E-state index is 0.0251. The maximum atomic E-state index is 11.4. The quantitative estimate of drug-likeness (QED) is 0.718. The Morgan fingerprint density at radius 1 is 1.32 bits per heavy atom. The molecule has 2 N–H and O–H groups in total. The summed E-state index contributed by atoms with van der Waals surface area (Å²) in [6.45, 7) is 2.97. The number of rotatable bonds is 9. The van der Waals surface area contributed by atoms with Gasteiger partial charge in [0.05, 0.1) is 6.61 Å². The molecule has 4 nitrogen and oxygen atoms in total. The maximum absolute atomic E-state index is 11.4. The van der Waals surface area contributed by atoms with Crippen LogP contribution in [0, 0.1) is 0 Å². The van der Waals surface area contributed by atoms with Gasteiger partial charge in [-0.05, 0) is 12.0 Å². The summed E-state index contributed by atoms with van der Waals surface area (Å²) in [7, 11) is 0. The van der Waals surface area contributed by atoms with E-state index in [0.29, 0.717) is 19.5 Å². The predicted molar refractivity (Wildman–Crippen MR) is 74.9 cm³/mol. The number of carboxylic acid groups (broad SMARTS) is 1. The summed E-state index contributed by atoms with van der Waals surface area (Å²) in [5, 5.41) is 18.5. The Morgan fingerprint density at radius 3 is 2.53 bits per heavy atom. The monoisotopic (exact) mass is 265 g/mol. The lowest BCUT2D eigenvalue weighted by atomic mass is 10.1. The molecule has 0 bridgehead atoms. The number of aliphatic hydroxyl groups excluding tert-OH is 1. The van der Waals surface area contributed by atoms with Gasteiger partial charge in [0.15, 0.2) is 0 Å². The van der Waals surface area contributed by atoms with Crippen molar-refractivity contribution in [2.75, 3.05) is 13.2 Å². The van der Waals surface area contributed by atoms with E-state index in [0.717, 1.165) is 18.4 Å². The van der Waals surface area contributed by atoms with Gasteiger partial charge in [0.1, 0.15) is 6.04 Å². The summed E-state index contributed by atoms with van der Waals surface area (Å²) in [5.41, 5.74) is 1.07. The van der Waals surface area contributed by atoms with Crippen molar-refractivity contribution in [1.82, 2.24) is 4.90 Å². The molecule has 0 aliphatic rings. The summed E-state index contributed by atoms with van der Waals surface area (Å²) in [4.78, 5) is 13.2. The Labute approximate surface area is 114 Å². The van der Waals surface area contributed by atoms with Gasteiger partial charge in [-0.1, -0.05) is 50.1 Å². The molecule has 0 aliphatic carbocycles. The molecule has 1 aromatic rings. The summed E-state index contributed by atoms with van der Waals surface area (Å²) in [6.07, 6.45) is 2.48. The van der Waals surface area contributed by atoms with Gasteiger partial charge in [0, 0.05) is 13.1 Å². The van der Waals surface area contributed by atoms with Gasteiger partial charge in [-0.15, -0.1) is 0 Å². The molecule has 0 aromatic heterocycles. The van der Waals surface area contributed by atoms with E-state index in [9.17, 15) is 9.90 Å². The Kier molecular flexibility index (Phi) is 7.15. The molecule has 1 rings (SSSR count). The van der Waals surface area contributed by atoms with E-state index in [-0.39, 0.29) is 6.61 Å². The summed E-state index contributed by atoms with van der Waals surface area (Å²) < 4.78 is 0. The first-order valence-corrected chi connectivity index (χ1v) is 6.80. The highest BCUT2D eigenvalue weighted by Gasteiger charge is 2.24. The van der Waals surface area contributed by atoms with Crippen molar-refractivity contribution < 1.29 is 15.0 Å². The van der Waals surface area contributed by atoms with Crippen LogP contribution in [0.1, 0.15) is 31.7 Å². The van der Waals surface area contributed by atoms with Crippen LogP contribution in [0.5, 0.6) is 0 Å². The van der Waals surface area contributed by atoms with Crippen LogP contribution >= 0.6 is 0 Å². The summed E-state index contributed by atoms with van der Waals surface area (Å²) >= 11 is 0. The van der Waals surface area contributed by atoms with E-state index in [1.54, 1.807) is 0 Å². The normalized spacial score (nSPS) is 12.6. The van der Waals surface area contributed by atoms with Crippen LogP contribution in [-0.2, 0) is 11.3 Å². The molecule has 0 saturated carbocycles. The molecule has 0 aliphatic heterocycles. The van der Waals surface area contributed by atoms with Crippen molar-refractivity contribution in [2.24, 2.45) is 0 Å². The molecule has 0 saturated heterocycles. The minimum atomic E-state index is -0.808. The zero-order valence-corrected chi connectivity index (χ0v) is 11.5. The van der Waals surface area contributed by atoms with Crippen LogP contribution in [0.25, 0.3) is 0 Å². The topological polar surface area (TPSA) is 60.8 Å². The van der Waals surface area contributed by atoms with Crippen molar-refractivity contribution in [3.63, 3.8) is 0 Å². The lowest BCUT2D eigenvalue weighted by Crippen LogP contribution is -2.42. The standard InChI is InChI=1S/C15H23NO3/c1-2-3-9-14(15(18)19)16(10-11-17)12-13-7-5-4-6-8-13/h4-8,14,17H,2-3,9-12H2,1H3,(H,18,19). The zero-order chi connectivity index (χ0) is 14.1. The molecular formula is C15H23NO3. The van der Waals surface area contributed by atoms with Crippen LogP contribution < -0.4 is 0 Å².